The van der Waals surface area contributed by atoms with Crippen molar-refractivity contribution in [2.45, 2.75) is 0 Å². The van der Waals surface area contributed by atoms with Gasteiger partial charge in [-0.1, -0.05) is 10.6 Å². The summed E-state index contributed by atoms with van der Waals surface area (Å²) < 4.78 is 3.77. The van der Waals surface area contributed by atoms with Crippen molar-refractivity contribution >= 4 is 23.1 Å². The van der Waals surface area contributed by atoms with Crippen LogP contribution in [0, 0.1) is 0 Å². The first-order valence-corrected chi connectivity index (χ1v) is 5.15. The summed E-state index contributed by atoms with van der Waals surface area (Å²) in [6.07, 6.45) is 7.33. The van der Waals surface area contributed by atoms with Crippen LogP contribution in [-0.2, 0) is 4.79 Å². The molecule has 0 atom stereocenters. The van der Waals surface area contributed by atoms with E-state index in [1.165, 1.54) is 11.5 Å². The third-order valence-corrected chi connectivity index (χ3v) is 2.71. The second-order valence-corrected chi connectivity index (χ2v) is 3.87. The first-order valence-electron chi connectivity index (χ1n) is 4.37. The first kappa shape index (κ1) is 9.85. The van der Waals surface area contributed by atoms with Gasteiger partial charge in [-0.25, -0.2) is 0 Å². The van der Waals surface area contributed by atoms with Crippen LogP contribution in [0.25, 0.3) is 5.57 Å². The van der Waals surface area contributed by atoms with E-state index in [9.17, 15) is 4.79 Å². The van der Waals surface area contributed by atoms with E-state index in [4.69, 9.17) is 5.11 Å². The lowest BCUT2D eigenvalue weighted by molar-refractivity contribution is -0.137. The standard InChI is InChI=1S/C9H9N3O2S/c13-9(14)6-12-3-1-7(2-4-12)8-5-10-11-15-8/h1-3,5H,4,6H2,(H,13,14). The fourth-order valence-electron chi connectivity index (χ4n) is 1.30. The van der Waals surface area contributed by atoms with Crippen LogP contribution in [0.2, 0.25) is 0 Å². The molecule has 0 amide bonds. The molecule has 0 saturated heterocycles. The van der Waals surface area contributed by atoms with Crippen molar-refractivity contribution in [1.29, 1.82) is 0 Å². The molecular weight excluding hydrogens is 214 g/mol. The van der Waals surface area contributed by atoms with Gasteiger partial charge in [-0.3, -0.25) is 4.79 Å². The summed E-state index contributed by atoms with van der Waals surface area (Å²) >= 11 is 1.33. The Morgan fingerprint density at radius 2 is 2.53 bits per heavy atom. The van der Waals surface area contributed by atoms with E-state index in [2.05, 4.69) is 9.59 Å². The summed E-state index contributed by atoms with van der Waals surface area (Å²) in [5, 5.41) is 12.4. The van der Waals surface area contributed by atoms with Crippen LogP contribution in [0.1, 0.15) is 4.88 Å². The molecule has 0 spiro atoms. The minimum absolute atomic E-state index is 0.0290. The molecule has 6 heteroatoms. The van der Waals surface area contributed by atoms with Crippen LogP contribution in [0.5, 0.6) is 0 Å². The largest absolute Gasteiger partial charge is 0.480 e. The summed E-state index contributed by atoms with van der Waals surface area (Å²) in [6.45, 7) is 0.636. The maximum atomic E-state index is 10.5. The second kappa shape index (κ2) is 4.22. The highest BCUT2D eigenvalue weighted by molar-refractivity contribution is 7.06. The number of carboxylic acids is 1. The molecule has 0 aromatic carbocycles. The number of hydrogen-bond acceptors (Lipinski definition) is 5. The van der Waals surface area contributed by atoms with E-state index in [0.29, 0.717) is 6.54 Å². The van der Waals surface area contributed by atoms with E-state index in [0.717, 1.165) is 10.5 Å². The number of aromatic nitrogens is 2. The molecule has 0 radical (unpaired) electrons. The fourth-order valence-corrected chi connectivity index (χ4v) is 1.83. The zero-order chi connectivity index (χ0) is 10.7. The van der Waals surface area contributed by atoms with Crippen LogP contribution in [0.15, 0.2) is 24.5 Å². The Bertz CT molecular complexity index is 411. The van der Waals surface area contributed by atoms with Crippen molar-refractivity contribution in [2.75, 3.05) is 13.1 Å². The highest BCUT2D eigenvalue weighted by Crippen LogP contribution is 2.20. The predicted molar refractivity (Wildman–Crippen MR) is 56.2 cm³/mol. The van der Waals surface area contributed by atoms with Gasteiger partial charge in [-0.15, -0.1) is 5.10 Å². The van der Waals surface area contributed by atoms with Crippen LogP contribution in [0.4, 0.5) is 0 Å². The van der Waals surface area contributed by atoms with Crippen molar-refractivity contribution in [3.63, 3.8) is 0 Å². The summed E-state index contributed by atoms with van der Waals surface area (Å²) in [6, 6.07) is 0. The lowest BCUT2D eigenvalue weighted by atomic mass is 10.1. The monoisotopic (exact) mass is 223 g/mol. The van der Waals surface area contributed by atoms with E-state index < -0.39 is 5.97 Å². The number of carboxylic acid groups (broad SMARTS) is 1. The van der Waals surface area contributed by atoms with Crippen LogP contribution in [-0.4, -0.2) is 38.7 Å². The third-order valence-electron chi connectivity index (χ3n) is 1.99. The Labute approximate surface area is 90.5 Å². The predicted octanol–water partition coefficient (Wildman–Crippen LogP) is 0.835. The molecule has 78 valence electrons. The molecule has 1 aliphatic heterocycles. The van der Waals surface area contributed by atoms with Gasteiger partial charge in [-0.05, 0) is 23.2 Å². The molecule has 5 nitrogen and oxygen atoms in total. The van der Waals surface area contributed by atoms with Gasteiger partial charge in [0, 0.05) is 12.7 Å². The molecule has 0 fully saturated rings. The fraction of sp³-hybridized carbons (Fsp3) is 0.222. The molecule has 1 N–H and O–H groups in total. The highest BCUT2D eigenvalue weighted by atomic mass is 32.1. The van der Waals surface area contributed by atoms with Crippen LogP contribution in [0.3, 0.4) is 0 Å². The molecule has 0 saturated carbocycles. The van der Waals surface area contributed by atoms with Gasteiger partial charge < -0.3 is 10.0 Å². The molecule has 1 aromatic heterocycles. The summed E-state index contributed by atoms with van der Waals surface area (Å²) in [7, 11) is 0. The number of nitrogens with zero attached hydrogens (tertiary/aromatic N) is 3. The van der Waals surface area contributed by atoms with Gasteiger partial charge in [0.15, 0.2) is 0 Å². The van der Waals surface area contributed by atoms with Crippen molar-refractivity contribution in [3.8, 4) is 0 Å². The topological polar surface area (TPSA) is 66.3 Å². The number of rotatable bonds is 3. The highest BCUT2D eigenvalue weighted by Gasteiger charge is 2.10. The average molecular weight is 223 g/mol. The molecule has 15 heavy (non-hydrogen) atoms. The maximum absolute atomic E-state index is 10.5. The Morgan fingerprint density at radius 1 is 1.67 bits per heavy atom. The minimum Gasteiger partial charge on any atom is -0.480 e. The molecule has 2 rings (SSSR count). The molecule has 1 aromatic rings. The number of carbonyl (C=O) groups is 1. The Morgan fingerprint density at radius 3 is 3.07 bits per heavy atom. The van der Waals surface area contributed by atoms with E-state index in [1.54, 1.807) is 17.3 Å². The molecule has 2 heterocycles. The Hall–Kier alpha value is -1.69. The zero-order valence-corrected chi connectivity index (χ0v) is 8.65. The summed E-state index contributed by atoms with van der Waals surface area (Å²) in [5.41, 5.74) is 1.05. The minimum atomic E-state index is -0.823. The second-order valence-electron chi connectivity index (χ2n) is 3.08. The Balaban J connectivity index is 2.02. The lowest BCUT2D eigenvalue weighted by Gasteiger charge is -2.19. The van der Waals surface area contributed by atoms with Gasteiger partial charge >= 0.3 is 5.97 Å². The van der Waals surface area contributed by atoms with Crippen LogP contribution < -0.4 is 0 Å². The summed E-state index contributed by atoms with van der Waals surface area (Å²) in [4.78, 5) is 13.2. The van der Waals surface area contributed by atoms with Gasteiger partial charge in [0.2, 0.25) is 0 Å². The zero-order valence-electron chi connectivity index (χ0n) is 7.83. The van der Waals surface area contributed by atoms with Crippen LogP contribution >= 0.6 is 11.5 Å². The normalized spacial score (nSPS) is 15.2. The lowest BCUT2D eigenvalue weighted by Crippen LogP contribution is -2.26. The van der Waals surface area contributed by atoms with Crippen molar-refractivity contribution in [2.24, 2.45) is 0 Å². The first-order chi connectivity index (χ1) is 7.25. The van der Waals surface area contributed by atoms with Gasteiger partial charge in [-0.2, -0.15) is 0 Å². The molecule has 0 aliphatic carbocycles. The van der Waals surface area contributed by atoms with Gasteiger partial charge in [0.25, 0.3) is 0 Å². The molecule has 0 unspecified atom stereocenters. The number of aliphatic carboxylic acids is 1. The van der Waals surface area contributed by atoms with E-state index in [1.807, 2.05) is 12.2 Å². The summed E-state index contributed by atoms with van der Waals surface area (Å²) in [5.74, 6) is -0.823. The molecule has 1 aliphatic rings. The smallest absolute Gasteiger partial charge is 0.323 e. The van der Waals surface area contributed by atoms with E-state index in [-0.39, 0.29) is 6.54 Å². The van der Waals surface area contributed by atoms with Gasteiger partial charge in [0.1, 0.15) is 6.54 Å². The molecule has 0 bridgehead atoms. The van der Waals surface area contributed by atoms with E-state index >= 15 is 0 Å². The number of hydrogen-bond donors (Lipinski definition) is 1. The molecular formula is C9H9N3O2S. The average Bonchev–Trinajstić information content (AvgIpc) is 2.71. The third kappa shape index (κ3) is 2.41. The SMILES string of the molecule is O=C(O)CN1C=CC(c2cnns2)=CC1. The van der Waals surface area contributed by atoms with Crippen molar-refractivity contribution in [1.82, 2.24) is 14.5 Å². The van der Waals surface area contributed by atoms with Crippen molar-refractivity contribution < 1.29 is 9.90 Å². The maximum Gasteiger partial charge on any atom is 0.323 e. The Kier molecular flexibility index (Phi) is 2.77. The number of allylic oxidation sites excluding steroid dienone is 2. The quantitative estimate of drug-likeness (QED) is 0.822. The van der Waals surface area contributed by atoms with Gasteiger partial charge in [0.05, 0.1) is 11.1 Å². The van der Waals surface area contributed by atoms with Crippen molar-refractivity contribution in [3.05, 3.63) is 29.4 Å².